The molecule has 0 saturated heterocycles. The van der Waals surface area contributed by atoms with Crippen LogP contribution in [0.25, 0.3) is 44.2 Å². The summed E-state index contributed by atoms with van der Waals surface area (Å²) in [4.78, 5) is 4.62. The Morgan fingerprint density at radius 3 is 1.43 bits per heavy atom. The van der Waals surface area contributed by atoms with E-state index in [4.69, 9.17) is 9.47 Å². The Balaban J connectivity index is 1.02. The molecule has 0 aromatic heterocycles. The summed E-state index contributed by atoms with van der Waals surface area (Å²) in [6.45, 7) is 0. The molecule has 4 nitrogen and oxygen atoms in total. The summed E-state index contributed by atoms with van der Waals surface area (Å²) in [5.41, 5.74) is 12.9. The standard InChI is InChI=1S/C52H34N2O2/c1-3-13-35(14-4-1)38-18-11-20-42(31-38)53-45-23-9-10-24-49(45)55-50-33-40(26-28-46(50)53)41-27-29-47-51(34-41)56-52-44-22-8-7-17-37(44)25-30-48(52)54(47)43-21-12-19-39(32-43)36-15-5-2-6-16-36/h1-34H. The number of hydrogen-bond donors (Lipinski definition) is 0. The van der Waals surface area contributed by atoms with Crippen molar-refractivity contribution in [1.82, 2.24) is 0 Å². The molecule has 11 rings (SSSR count). The van der Waals surface area contributed by atoms with Gasteiger partial charge in [-0.1, -0.05) is 140 Å². The highest BCUT2D eigenvalue weighted by Crippen LogP contribution is 2.55. The molecule has 2 aliphatic heterocycles. The van der Waals surface area contributed by atoms with Gasteiger partial charge in [0.15, 0.2) is 23.0 Å². The molecule has 0 spiro atoms. The van der Waals surface area contributed by atoms with Crippen molar-refractivity contribution < 1.29 is 9.47 Å². The lowest BCUT2D eigenvalue weighted by Gasteiger charge is -2.34. The fraction of sp³-hybridized carbons (Fsp3) is 0. The fourth-order valence-electron chi connectivity index (χ4n) is 8.12. The normalized spacial score (nSPS) is 12.5. The fourth-order valence-corrected chi connectivity index (χ4v) is 8.12. The SMILES string of the molecule is c1ccc(-c2cccc(N3c4ccccc4Oc4cc(-c5ccc6c(c5)Oc5c(ccc7ccccc57)N6c5cccc(-c6ccccc6)c5)ccc43)c2)cc1. The Labute approximate surface area is 325 Å². The summed E-state index contributed by atoms with van der Waals surface area (Å²) in [5, 5.41) is 2.21. The van der Waals surface area contributed by atoms with Crippen molar-refractivity contribution >= 4 is 44.9 Å². The monoisotopic (exact) mass is 718 g/mol. The molecule has 0 unspecified atom stereocenters. The Morgan fingerprint density at radius 1 is 0.286 bits per heavy atom. The molecule has 4 heteroatoms. The summed E-state index contributed by atoms with van der Waals surface area (Å²) in [6.07, 6.45) is 0. The van der Waals surface area contributed by atoms with Gasteiger partial charge in [-0.2, -0.15) is 0 Å². The van der Waals surface area contributed by atoms with E-state index in [1.54, 1.807) is 0 Å². The number of anilines is 6. The number of benzene rings is 9. The second kappa shape index (κ2) is 13.1. The molecule has 0 amide bonds. The van der Waals surface area contributed by atoms with E-state index in [9.17, 15) is 0 Å². The van der Waals surface area contributed by atoms with E-state index in [1.165, 1.54) is 11.1 Å². The predicted octanol–water partition coefficient (Wildman–Crippen LogP) is 15.0. The molecule has 2 heterocycles. The van der Waals surface area contributed by atoms with Gasteiger partial charge in [-0.15, -0.1) is 0 Å². The van der Waals surface area contributed by atoms with Crippen LogP contribution in [0.2, 0.25) is 0 Å². The van der Waals surface area contributed by atoms with Gasteiger partial charge in [-0.25, -0.2) is 0 Å². The van der Waals surface area contributed by atoms with Crippen molar-refractivity contribution in [3.05, 3.63) is 206 Å². The van der Waals surface area contributed by atoms with E-state index < -0.39 is 0 Å². The van der Waals surface area contributed by atoms with Crippen molar-refractivity contribution in [3.8, 4) is 56.4 Å². The molecule has 0 saturated carbocycles. The van der Waals surface area contributed by atoms with Gasteiger partial charge in [0.1, 0.15) is 0 Å². The molecule has 9 aromatic carbocycles. The van der Waals surface area contributed by atoms with Crippen LogP contribution in [0.15, 0.2) is 206 Å². The van der Waals surface area contributed by atoms with E-state index >= 15 is 0 Å². The quantitative estimate of drug-likeness (QED) is 0.177. The topological polar surface area (TPSA) is 24.9 Å². The van der Waals surface area contributed by atoms with E-state index in [0.29, 0.717) is 0 Å². The summed E-state index contributed by atoms with van der Waals surface area (Å²) >= 11 is 0. The first kappa shape index (κ1) is 31.9. The minimum atomic E-state index is 0.791. The maximum absolute atomic E-state index is 6.92. The Morgan fingerprint density at radius 2 is 0.768 bits per heavy atom. The van der Waals surface area contributed by atoms with Gasteiger partial charge in [-0.05, 0) is 105 Å². The van der Waals surface area contributed by atoms with Crippen molar-refractivity contribution in [2.45, 2.75) is 0 Å². The predicted molar refractivity (Wildman–Crippen MR) is 230 cm³/mol. The van der Waals surface area contributed by atoms with Crippen LogP contribution in [0.4, 0.5) is 34.1 Å². The van der Waals surface area contributed by atoms with Crippen LogP contribution >= 0.6 is 0 Å². The maximum atomic E-state index is 6.92. The lowest BCUT2D eigenvalue weighted by Crippen LogP contribution is -2.16. The molecule has 56 heavy (non-hydrogen) atoms. The van der Waals surface area contributed by atoms with E-state index in [2.05, 4.69) is 204 Å². The van der Waals surface area contributed by atoms with E-state index in [-0.39, 0.29) is 0 Å². The number of hydrogen-bond acceptors (Lipinski definition) is 4. The number of ether oxygens (including phenoxy) is 2. The Bertz CT molecular complexity index is 2940. The third-order valence-electron chi connectivity index (χ3n) is 10.8. The molecular weight excluding hydrogens is 685 g/mol. The summed E-state index contributed by atoms with van der Waals surface area (Å²) < 4.78 is 13.6. The van der Waals surface area contributed by atoms with Gasteiger partial charge in [0, 0.05) is 16.8 Å². The van der Waals surface area contributed by atoms with Gasteiger partial charge in [0.05, 0.1) is 22.7 Å². The molecule has 0 bridgehead atoms. The molecule has 264 valence electrons. The first-order chi connectivity index (χ1) is 27.7. The molecule has 0 radical (unpaired) electrons. The van der Waals surface area contributed by atoms with Gasteiger partial charge in [-0.3, -0.25) is 0 Å². The molecule has 2 aliphatic rings. The first-order valence-corrected chi connectivity index (χ1v) is 18.9. The molecule has 0 N–H and O–H groups in total. The van der Waals surface area contributed by atoms with Crippen LogP contribution < -0.4 is 19.3 Å². The van der Waals surface area contributed by atoms with Crippen molar-refractivity contribution in [1.29, 1.82) is 0 Å². The zero-order valence-corrected chi connectivity index (χ0v) is 30.3. The summed E-state index contributed by atoms with van der Waals surface area (Å²) in [5.74, 6) is 3.24. The van der Waals surface area contributed by atoms with E-state index in [1.807, 2.05) is 12.1 Å². The third-order valence-corrected chi connectivity index (χ3v) is 10.8. The second-order valence-corrected chi connectivity index (χ2v) is 14.2. The number of para-hydroxylation sites is 2. The van der Waals surface area contributed by atoms with Crippen LogP contribution in [0, 0.1) is 0 Å². The minimum Gasteiger partial charge on any atom is -0.453 e. The Kier molecular flexibility index (Phi) is 7.46. The van der Waals surface area contributed by atoms with Crippen LogP contribution in [0.3, 0.4) is 0 Å². The number of nitrogens with zero attached hydrogens (tertiary/aromatic N) is 2. The third kappa shape index (κ3) is 5.39. The van der Waals surface area contributed by atoms with Crippen LogP contribution in [-0.4, -0.2) is 0 Å². The van der Waals surface area contributed by atoms with Crippen LogP contribution in [0.5, 0.6) is 23.0 Å². The zero-order valence-electron chi connectivity index (χ0n) is 30.3. The average molecular weight is 719 g/mol. The average Bonchev–Trinajstić information content (AvgIpc) is 3.27. The maximum Gasteiger partial charge on any atom is 0.159 e. The zero-order chi connectivity index (χ0) is 37.0. The Hall–Kier alpha value is -7.56. The number of fused-ring (bicyclic) bond motifs is 6. The van der Waals surface area contributed by atoms with Gasteiger partial charge >= 0.3 is 0 Å². The van der Waals surface area contributed by atoms with Gasteiger partial charge in [0.25, 0.3) is 0 Å². The van der Waals surface area contributed by atoms with Crippen molar-refractivity contribution in [2.75, 3.05) is 9.80 Å². The number of rotatable bonds is 5. The van der Waals surface area contributed by atoms with Crippen LogP contribution in [0.1, 0.15) is 0 Å². The molecule has 0 atom stereocenters. The minimum absolute atomic E-state index is 0.791. The molecule has 9 aromatic rings. The highest BCUT2D eigenvalue weighted by molar-refractivity contribution is 6.00. The lowest BCUT2D eigenvalue weighted by atomic mass is 9.99. The summed E-state index contributed by atoms with van der Waals surface area (Å²) in [7, 11) is 0. The smallest absolute Gasteiger partial charge is 0.159 e. The van der Waals surface area contributed by atoms with E-state index in [0.717, 1.165) is 90.1 Å². The highest BCUT2D eigenvalue weighted by Gasteiger charge is 2.30. The van der Waals surface area contributed by atoms with Gasteiger partial charge in [0.2, 0.25) is 0 Å². The first-order valence-electron chi connectivity index (χ1n) is 18.9. The second-order valence-electron chi connectivity index (χ2n) is 14.2. The molecular formula is C52H34N2O2. The molecule has 0 aliphatic carbocycles. The lowest BCUT2D eigenvalue weighted by molar-refractivity contribution is 0.477. The largest absolute Gasteiger partial charge is 0.453 e. The van der Waals surface area contributed by atoms with Gasteiger partial charge < -0.3 is 19.3 Å². The van der Waals surface area contributed by atoms with Crippen molar-refractivity contribution in [2.24, 2.45) is 0 Å². The molecule has 0 fully saturated rings. The van der Waals surface area contributed by atoms with Crippen molar-refractivity contribution in [3.63, 3.8) is 0 Å². The summed E-state index contributed by atoms with van der Waals surface area (Å²) in [6, 6.07) is 72.5. The highest BCUT2D eigenvalue weighted by atomic mass is 16.5. The van der Waals surface area contributed by atoms with Crippen LogP contribution in [-0.2, 0) is 0 Å².